The first kappa shape index (κ1) is 20.9. The van der Waals surface area contributed by atoms with E-state index in [0.29, 0.717) is 35.1 Å². The van der Waals surface area contributed by atoms with Crippen molar-refractivity contribution in [1.82, 2.24) is 15.5 Å². The molecule has 1 aliphatic rings. The van der Waals surface area contributed by atoms with Crippen LogP contribution in [0.3, 0.4) is 0 Å². The number of carbonyl (C=O) groups excluding carboxylic acids is 2. The maximum atomic E-state index is 12.4. The summed E-state index contributed by atoms with van der Waals surface area (Å²) in [7, 11) is 0. The molecule has 2 N–H and O–H groups in total. The maximum Gasteiger partial charge on any atom is 0.277 e. The highest BCUT2D eigenvalue weighted by molar-refractivity contribution is 7.99. The van der Waals surface area contributed by atoms with Gasteiger partial charge in [0.25, 0.3) is 17.0 Å². The minimum Gasteiger partial charge on any atom is -0.493 e. The molecule has 1 saturated carbocycles. The minimum absolute atomic E-state index is 0.0628. The Balaban J connectivity index is 1.37. The van der Waals surface area contributed by atoms with Crippen LogP contribution in [0.15, 0.2) is 58.2 Å². The zero-order chi connectivity index (χ0) is 21.6. The van der Waals surface area contributed by atoms with Crippen LogP contribution in [0.2, 0.25) is 0 Å². The van der Waals surface area contributed by atoms with Crippen molar-refractivity contribution in [3.05, 3.63) is 54.1 Å². The Labute approximate surface area is 183 Å². The monoisotopic (exact) mass is 438 g/mol. The lowest BCUT2D eigenvalue weighted by atomic mass is 10.1. The van der Waals surface area contributed by atoms with E-state index in [-0.39, 0.29) is 28.8 Å². The van der Waals surface area contributed by atoms with E-state index in [1.165, 1.54) is 0 Å². The third-order valence-corrected chi connectivity index (χ3v) is 5.33. The van der Waals surface area contributed by atoms with Gasteiger partial charge in [0.1, 0.15) is 5.75 Å². The molecule has 9 heteroatoms. The van der Waals surface area contributed by atoms with E-state index in [1.807, 2.05) is 31.2 Å². The highest BCUT2D eigenvalue weighted by Gasteiger charge is 2.25. The van der Waals surface area contributed by atoms with E-state index in [9.17, 15) is 9.59 Å². The van der Waals surface area contributed by atoms with Gasteiger partial charge in [-0.15, -0.1) is 10.2 Å². The van der Waals surface area contributed by atoms with Gasteiger partial charge in [-0.1, -0.05) is 36.0 Å². The topological polar surface area (TPSA) is 106 Å². The number of nitrogens with zero attached hydrogens (tertiary/aromatic N) is 2. The van der Waals surface area contributed by atoms with Gasteiger partial charge >= 0.3 is 0 Å². The van der Waals surface area contributed by atoms with Crippen LogP contribution in [-0.2, 0) is 4.79 Å². The maximum absolute atomic E-state index is 12.4. The standard InChI is InChI=1S/C22H22N4O4S/c1-2-29-18-10-6-4-8-16(18)21-25-26-22(30-21)31-13-19(27)24-17-9-5-3-7-15(17)20(28)23-14-11-12-14/h3-10,14H,2,11-13H2,1H3,(H,23,28)(H,24,27). The molecule has 1 aromatic heterocycles. The summed E-state index contributed by atoms with van der Waals surface area (Å²) in [5.41, 5.74) is 1.62. The molecule has 1 aliphatic carbocycles. The zero-order valence-corrected chi connectivity index (χ0v) is 17.8. The number of amides is 2. The Hall–Kier alpha value is -3.33. The number of benzene rings is 2. The summed E-state index contributed by atoms with van der Waals surface area (Å²) in [6, 6.07) is 14.6. The molecule has 0 atom stereocenters. The average molecular weight is 439 g/mol. The molecule has 8 nitrogen and oxygen atoms in total. The molecule has 31 heavy (non-hydrogen) atoms. The summed E-state index contributed by atoms with van der Waals surface area (Å²) >= 11 is 1.12. The van der Waals surface area contributed by atoms with Crippen molar-refractivity contribution in [3.63, 3.8) is 0 Å². The molecule has 4 rings (SSSR count). The zero-order valence-electron chi connectivity index (χ0n) is 17.0. The van der Waals surface area contributed by atoms with Crippen LogP contribution in [0.1, 0.15) is 30.1 Å². The first-order chi connectivity index (χ1) is 15.1. The van der Waals surface area contributed by atoms with Gasteiger partial charge in [0.15, 0.2) is 0 Å². The van der Waals surface area contributed by atoms with E-state index in [1.54, 1.807) is 24.3 Å². The number of para-hydroxylation sites is 2. The molecular weight excluding hydrogens is 416 g/mol. The van der Waals surface area contributed by atoms with E-state index in [2.05, 4.69) is 20.8 Å². The summed E-state index contributed by atoms with van der Waals surface area (Å²) in [4.78, 5) is 24.8. The van der Waals surface area contributed by atoms with Crippen LogP contribution >= 0.6 is 11.8 Å². The van der Waals surface area contributed by atoms with E-state index < -0.39 is 0 Å². The van der Waals surface area contributed by atoms with Gasteiger partial charge in [-0.3, -0.25) is 9.59 Å². The Morgan fingerprint density at radius 1 is 1.13 bits per heavy atom. The van der Waals surface area contributed by atoms with Crippen molar-refractivity contribution in [3.8, 4) is 17.2 Å². The highest BCUT2D eigenvalue weighted by atomic mass is 32.2. The molecule has 0 bridgehead atoms. The van der Waals surface area contributed by atoms with Crippen molar-refractivity contribution in [2.45, 2.75) is 31.0 Å². The molecule has 160 valence electrons. The third kappa shape index (κ3) is 5.43. The third-order valence-electron chi connectivity index (χ3n) is 4.51. The first-order valence-electron chi connectivity index (χ1n) is 10.0. The number of hydrogen-bond donors (Lipinski definition) is 2. The number of thioether (sulfide) groups is 1. The number of anilines is 1. The summed E-state index contributed by atoms with van der Waals surface area (Å²) in [5.74, 6) is 0.595. The molecule has 1 fully saturated rings. The number of aromatic nitrogens is 2. The van der Waals surface area contributed by atoms with Gasteiger partial charge in [0.05, 0.1) is 29.2 Å². The molecular formula is C22H22N4O4S. The molecule has 0 saturated heterocycles. The Morgan fingerprint density at radius 2 is 1.90 bits per heavy atom. The van der Waals surface area contributed by atoms with Crippen LogP contribution in [0.5, 0.6) is 5.75 Å². The Morgan fingerprint density at radius 3 is 2.71 bits per heavy atom. The van der Waals surface area contributed by atoms with Gasteiger partial charge in [-0.2, -0.15) is 0 Å². The summed E-state index contributed by atoms with van der Waals surface area (Å²) in [5, 5.41) is 14.1. The van der Waals surface area contributed by atoms with Crippen LogP contribution < -0.4 is 15.4 Å². The van der Waals surface area contributed by atoms with E-state index in [0.717, 1.165) is 24.6 Å². The predicted molar refractivity (Wildman–Crippen MR) is 117 cm³/mol. The molecule has 2 aromatic carbocycles. The number of ether oxygens (including phenoxy) is 1. The highest BCUT2D eigenvalue weighted by Crippen LogP contribution is 2.30. The molecule has 0 radical (unpaired) electrons. The van der Waals surface area contributed by atoms with Gasteiger partial charge in [-0.25, -0.2) is 0 Å². The molecule has 0 aliphatic heterocycles. The smallest absolute Gasteiger partial charge is 0.277 e. The molecule has 0 unspecified atom stereocenters. The Kier molecular flexibility index (Phi) is 6.51. The number of carbonyl (C=O) groups is 2. The van der Waals surface area contributed by atoms with Crippen molar-refractivity contribution in [2.24, 2.45) is 0 Å². The van der Waals surface area contributed by atoms with Gasteiger partial charge < -0.3 is 19.8 Å². The summed E-state index contributed by atoms with van der Waals surface area (Å²) < 4.78 is 11.3. The van der Waals surface area contributed by atoms with E-state index >= 15 is 0 Å². The van der Waals surface area contributed by atoms with Crippen LogP contribution in [0, 0.1) is 0 Å². The SMILES string of the molecule is CCOc1ccccc1-c1nnc(SCC(=O)Nc2ccccc2C(=O)NC2CC2)o1. The second-order valence-corrected chi connectivity index (χ2v) is 7.86. The van der Waals surface area contributed by atoms with Crippen LogP contribution in [0.4, 0.5) is 5.69 Å². The lowest BCUT2D eigenvalue weighted by molar-refractivity contribution is -0.113. The first-order valence-corrected chi connectivity index (χ1v) is 11.0. The minimum atomic E-state index is -0.272. The van der Waals surface area contributed by atoms with Crippen molar-refractivity contribution in [1.29, 1.82) is 0 Å². The normalized spacial score (nSPS) is 12.9. The van der Waals surface area contributed by atoms with Gasteiger partial charge in [-0.05, 0) is 44.0 Å². The quantitative estimate of drug-likeness (QED) is 0.490. The summed E-state index contributed by atoms with van der Waals surface area (Å²) in [6.07, 6.45) is 2.00. The fourth-order valence-electron chi connectivity index (χ4n) is 2.90. The van der Waals surface area contributed by atoms with Gasteiger partial charge in [0.2, 0.25) is 5.91 Å². The molecule has 2 amide bonds. The number of nitrogens with one attached hydrogen (secondary N) is 2. The number of hydrogen-bond acceptors (Lipinski definition) is 7. The van der Waals surface area contributed by atoms with Crippen LogP contribution in [-0.4, -0.2) is 40.4 Å². The molecule has 1 heterocycles. The summed E-state index contributed by atoms with van der Waals surface area (Å²) in [6.45, 7) is 2.42. The second-order valence-electron chi connectivity index (χ2n) is 6.93. The van der Waals surface area contributed by atoms with Crippen LogP contribution in [0.25, 0.3) is 11.5 Å². The van der Waals surface area contributed by atoms with Crippen molar-refractivity contribution < 1.29 is 18.7 Å². The second kappa shape index (κ2) is 9.65. The molecule has 3 aromatic rings. The lowest BCUT2D eigenvalue weighted by Gasteiger charge is -2.10. The fraction of sp³-hybridized carbons (Fsp3) is 0.273. The van der Waals surface area contributed by atoms with Crippen molar-refractivity contribution in [2.75, 3.05) is 17.7 Å². The van der Waals surface area contributed by atoms with Crippen molar-refractivity contribution >= 4 is 29.3 Å². The predicted octanol–water partition coefficient (Wildman–Crippen LogP) is 3.76. The number of rotatable bonds is 9. The Bertz CT molecular complexity index is 1080. The average Bonchev–Trinajstić information content (AvgIpc) is 3.46. The van der Waals surface area contributed by atoms with Gasteiger partial charge in [0, 0.05) is 6.04 Å². The van der Waals surface area contributed by atoms with E-state index in [4.69, 9.17) is 9.15 Å². The largest absolute Gasteiger partial charge is 0.493 e. The molecule has 0 spiro atoms. The fourth-order valence-corrected chi connectivity index (χ4v) is 3.46. The lowest BCUT2D eigenvalue weighted by Crippen LogP contribution is -2.27.